The van der Waals surface area contributed by atoms with Gasteiger partial charge >= 0.3 is 5.97 Å². The Morgan fingerprint density at radius 2 is 1.92 bits per heavy atom. The smallest absolute Gasteiger partial charge is 0.313 e. The van der Waals surface area contributed by atoms with Gasteiger partial charge in [-0.05, 0) is 37.5 Å². The molecule has 3 fully saturated rings. The highest BCUT2D eigenvalue weighted by molar-refractivity contribution is 9.09. The van der Waals surface area contributed by atoms with E-state index >= 15 is 0 Å². The molecule has 1 unspecified atom stereocenters. The average Bonchev–Trinajstić information content (AvgIpc) is 3.83. The first-order valence-corrected chi connectivity index (χ1v) is 17.6. The summed E-state index contributed by atoms with van der Waals surface area (Å²) >= 11 is 3.69. The lowest BCUT2D eigenvalue weighted by molar-refractivity contribution is -0.162. The largest absolute Gasteiger partial charge is 0.455 e. The molecule has 50 heavy (non-hydrogen) atoms. The van der Waals surface area contributed by atoms with Crippen molar-refractivity contribution in [3.63, 3.8) is 0 Å². The van der Waals surface area contributed by atoms with Crippen molar-refractivity contribution in [3.8, 4) is 0 Å². The zero-order valence-corrected chi connectivity index (χ0v) is 29.4. The number of nitrogens with zero attached hydrogens (tertiary/aromatic N) is 5. The van der Waals surface area contributed by atoms with Crippen LogP contribution in [0.1, 0.15) is 37.9 Å². The predicted molar refractivity (Wildman–Crippen MR) is 186 cm³/mol. The highest BCUT2D eigenvalue weighted by Gasteiger charge is 2.77. The topological polar surface area (TPSA) is 156 Å². The van der Waals surface area contributed by atoms with E-state index in [1.807, 2.05) is 42.5 Å². The summed E-state index contributed by atoms with van der Waals surface area (Å²) in [6.07, 6.45) is 2.62. The Bertz CT molecular complexity index is 1770. The Kier molecular flexibility index (Phi) is 10.5. The van der Waals surface area contributed by atoms with Gasteiger partial charge in [0.25, 0.3) is 0 Å². The molecule has 1 spiro atoms. The minimum Gasteiger partial charge on any atom is -0.455 e. The number of allylic oxidation sites excluding steroid dienone is 1. The van der Waals surface area contributed by atoms with Gasteiger partial charge in [0.15, 0.2) is 0 Å². The second kappa shape index (κ2) is 14.8. The van der Waals surface area contributed by atoms with Crippen LogP contribution in [0, 0.1) is 11.8 Å². The first-order valence-electron chi connectivity index (χ1n) is 16.7. The fourth-order valence-corrected chi connectivity index (χ4v) is 8.64. The molecule has 6 rings (SSSR count). The third kappa shape index (κ3) is 6.35. The van der Waals surface area contributed by atoms with Crippen molar-refractivity contribution in [2.75, 3.05) is 19.7 Å². The van der Waals surface area contributed by atoms with Gasteiger partial charge < -0.3 is 29.7 Å². The van der Waals surface area contributed by atoms with Gasteiger partial charge in [-0.15, -0.1) is 18.3 Å². The Labute approximate surface area is 298 Å². The average molecular weight is 750 g/mol. The number of amides is 3. The van der Waals surface area contributed by atoms with E-state index in [4.69, 9.17) is 9.47 Å². The highest BCUT2D eigenvalue weighted by Crippen LogP contribution is 2.60. The minimum absolute atomic E-state index is 0.0194. The number of alkyl halides is 1. The zero-order chi connectivity index (χ0) is 35.6. The number of β-amino-alcohol motifs (C(OH)–C–C–N with tert-alkyl or cyclic N) is 1. The molecule has 13 nitrogen and oxygen atoms in total. The number of para-hydroxylation sites is 1. The van der Waals surface area contributed by atoms with E-state index in [1.54, 1.807) is 35.9 Å². The van der Waals surface area contributed by atoms with Gasteiger partial charge in [-0.3, -0.25) is 19.2 Å². The summed E-state index contributed by atoms with van der Waals surface area (Å²) in [5, 5.41) is 21.4. The van der Waals surface area contributed by atoms with Crippen LogP contribution in [0.25, 0.3) is 11.0 Å². The van der Waals surface area contributed by atoms with Crippen LogP contribution in [0.4, 0.5) is 0 Å². The van der Waals surface area contributed by atoms with E-state index in [9.17, 15) is 24.3 Å². The quantitative estimate of drug-likeness (QED) is 0.136. The number of aromatic nitrogens is 3. The lowest BCUT2D eigenvalue weighted by atomic mass is 9.70. The van der Waals surface area contributed by atoms with Crippen LogP contribution in [0.3, 0.4) is 0 Å². The van der Waals surface area contributed by atoms with Crippen molar-refractivity contribution >= 4 is 50.7 Å². The van der Waals surface area contributed by atoms with Crippen molar-refractivity contribution in [3.05, 3.63) is 85.5 Å². The molecule has 2 bridgehead atoms. The third-order valence-electron chi connectivity index (χ3n) is 9.81. The minimum atomic E-state index is -1.37. The molecule has 8 atom stereocenters. The molecule has 3 aromatic rings. The van der Waals surface area contributed by atoms with Crippen LogP contribution in [0.2, 0.25) is 0 Å². The number of rotatable bonds is 15. The summed E-state index contributed by atoms with van der Waals surface area (Å²) in [7, 11) is 0. The number of hydrogen-bond acceptors (Lipinski definition) is 9. The third-order valence-corrected chi connectivity index (χ3v) is 10.7. The SMILES string of the molecule is C=CCCC(=O)N[C@H](C)[C@@H](OC(=O)[C@H]1[C@@H]2O[C@@]3(CC2Br)[C@@H]1C(=O)N(CCO)[C@@H]3C(=O)N(CC=C)Cn1nnc2ccccc21)c1ccccc1. The normalized spacial score (nSPS) is 26.3. The van der Waals surface area contributed by atoms with Gasteiger partial charge in [0.2, 0.25) is 17.7 Å². The molecule has 3 aliphatic rings. The number of benzene rings is 2. The maximum Gasteiger partial charge on any atom is 0.313 e. The molecule has 3 aliphatic heterocycles. The van der Waals surface area contributed by atoms with Crippen molar-refractivity contribution in [2.45, 2.75) is 67.6 Å². The molecule has 14 heteroatoms. The van der Waals surface area contributed by atoms with E-state index in [2.05, 4.69) is 44.7 Å². The molecule has 0 saturated carbocycles. The second-order valence-electron chi connectivity index (χ2n) is 12.9. The molecular weight excluding hydrogens is 708 g/mol. The van der Waals surface area contributed by atoms with Gasteiger partial charge in [-0.2, -0.15) is 0 Å². The second-order valence-corrected chi connectivity index (χ2v) is 14.1. The maximum absolute atomic E-state index is 14.7. The van der Waals surface area contributed by atoms with Crippen LogP contribution in [0.5, 0.6) is 0 Å². The van der Waals surface area contributed by atoms with Crippen LogP contribution >= 0.6 is 15.9 Å². The number of fused-ring (bicyclic) bond motifs is 2. The Balaban J connectivity index is 1.31. The van der Waals surface area contributed by atoms with Gasteiger partial charge in [0.1, 0.15) is 29.9 Å². The number of likely N-dealkylation sites (tertiary alicyclic amines) is 1. The zero-order valence-electron chi connectivity index (χ0n) is 27.8. The fourth-order valence-electron chi connectivity index (χ4n) is 7.70. The van der Waals surface area contributed by atoms with Gasteiger partial charge in [0.05, 0.1) is 36.1 Å². The monoisotopic (exact) mass is 748 g/mol. The number of carbonyl (C=O) groups excluding carboxylic acids is 4. The Hall–Kier alpha value is -4.40. The Morgan fingerprint density at radius 1 is 1.18 bits per heavy atom. The van der Waals surface area contributed by atoms with Gasteiger partial charge in [-0.25, -0.2) is 4.68 Å². The lowest BCUT2D eigenvalue weighted by Crippen LogP contribution is -2.57. The molecule has 0 aliphatic carbocycles. The summed E-state index contributed by atoms with van der Waals surface area (Å²) in [5.41, 5.74) is 0.680. The van der Waals surface area contributed by atoms with Gasteiger partial charge in [0, 0.05) is 24.3 Å². The van der Waals surface area contributed by atoms with Crippen molar-refractivity contribution in [2.24, 2.45) is 11.8 Å². The number of nitrogens with one attached hydrogen (secondary N) is 1. The van der Waals surface area contributed by atoms with E-state index in [1.165, 1.54) is 9.80 Å². The molecule has 4 heterocycles. The summed E-state index contributed by atoms with van der Waals surface area (Å²) < 4.78 is 14.4. The fraction of sp³-hybridized carbons (Fsp3) is 0.444. The van der Waals surface area contributed by atoms with E-state index in [-0.39, 0.29) is 43.3 Å². The number of aliphatic hydroxyl groups excluding tert-OH is 1. The predicted octanol–water partition coefficient (Wildman–Crippen LogP) is 2.90. The molecule has 3 amide bonds. The molecule has 264 valence electrons. The number of hydrogen-bond donors (Lipinski definition) is 2. The molecule has 0 radical (unpaired) electrons. The Morgan fingerprint density at radius 3 is 2.64 bits per heavy atom. The van der Waals surface area contributed by atoms with Crippen LogP contribution in [0.15, 0.2) is 79.9 Å². The number of carbonyl (C=O) groups is 4. The number of aliphatic hydroxyl groups is 1. The molecule has 1 aromatic heterocycles. The van der Waals surface area contributed by atoms with E-state index in [0.717, 1.165) is 5.52 Å². The summed E-state index contributed by atoms with van der Waals surface area (Å²) in [4.78, 5) is 58.4. The number of halogens is 1. The van der Waals surface area contributed by atoms with Crippen LogP contribution < -0.4 is 5.32 Å². The first-order chi connectivity index (χ1) is 24.1. The van der Waals surface area contributed by atoms with E-state index < -0.39 is 66.1 Å². The van der Waals surface area contributed by atoms with Crippen molar-refractivity contribution in [1.29, 1.82) is 0 Å². The number of esters is 1. The molecular formula is C36H41BrN6O7. The lowest BCUT2D eigenvalue weighted by Gasteiger charge is -2.37. The number of ether oxygens (including phenoxy) is 2. The standard InChI is InChI=1S/C36H41BrN6O7/c1-4-6-16-27(45)38-22(3)30(23-12-8-7-9-13-23)49-35(48)28-29-33(46)42(18-19-44)32(36(29)20-24(37)31(28)50-36)34(47)41(17-5-2)21-43-26-15-11-10-14-25(26)39-40-43/h4-5,7-15,22,24,28-32,44H,1-2,6,16-21H2,3H3,(H,38,45)/t22-,24?,28-,29+,30-,31-,32-,36+/m1/s1. The molecule has 3 saturated heterocycles. The van der Waals surface area contributed by atoms with E-state index in [0.29, 0.717) is 17.5 Å². The maximum atomic E-state index is 14.7. The van der Waals surface area contributed by atoms with Gasteiger partial charge in [-0.1, -0.05) is 75.8 Å². The summed E-state index contributed by atoms with van der Waals surface area (Å²) in [6.45, 7) is 8.88. The van der Waals surface area contributed by atoms with Crippen molar-refractivity contribution in [1.82, 2.24) is 30.1 Å². The molecule has 2 aromatic carbocycles. The molecule has 2 N–H and O–H groups in total. The van der Waals surface area contributed by atoms with Crippen molar-refractivity contribution < 1.29 is 33.8 Å². The first kappa shape index (κ1) is 35.4. The highest BCUT2D eigenvalue weighted by atomic mass is 79.9. The van der Waals surface area contributed by atoms with Crippen LogP contribution in [-0.4, -0.2) is 102 Å². The van der Waals surface area contributed by atoms with Crippen LogP contribution in [-0.2, 0) is 35.3 Å². The summed E-state index contributed by atoms with van der Waals surface area (Å²) in [6, 6.07) is 14.7. The summed E-state index contributed by atoms with van der Waals surface area (Å²) in [5.74, 6) is -3.88.